The number of fused-ring (bicyclic) bond motifs is 1. The minimum atomic E-state index is -0.393. The van der Waals surface area contributed by atoms with E-state index in [0.717, 1.165) is 43.8 Å². The minimum absolute atomic E-state index is 0.0861. The van der Waals surface area contributed by atoms with Crippen LogP contribution in [0.4, 0.5) is 5.69 Å². The normalized spacial score (nSPS) is 26.4. The first-order valence-corrected chi connectivity index (χ1v) is 8.71. The number of anilines is 1. The second-order valence-corrected chi connectivity index (χ2v) is 6.73. The molecule has 0 aromatic carbocycles. The van der Waals surface area contributed by atoms with Gasteiger partial charge < -0.3 is 14.6 Å². The molecule has 0 bridgehead atoms. The van der Waals surface area contributed by atoms with Gasteiger partial charge in [-0.1, -0.05) is 5.16 Å². The van der Waals surface area contributed by atoms with E-state index in [0.29, 0.717) is 11.7 Å². The maximum Gasteiger partial charge on any atom is 0.253 e. The molecule has 132 valence electrons. The molecule has 4 rings (SSSR count). The Bertz CT molecular complexity index is 733. The maximum atomic E-state index is 12.4. The zero-order valence-corrected chi connectivity index (χ0v) is 14.2. The van der Waals surface area contributed by atoms with Crippen molar-refractivity contribution in [2.45, 2.75) is 51.0 Å². The molecule has 2 aliphatic heterocycles. The third kappa shape index (κ3) is 3.57. The lowest BCUT2D eigenvalue weighted by Gasteiger charge is -2.35. The van der Waals surface area contributed by atoms with Crippen LogP contribution in [0.25, 0.3) is 0 Å². The van der Waals surface area contributed by atoms with E-state index in [1.807, 2.05) is 19.1 Å². The number of hydrogen-bond acceptors (Lipinski definition) is 6. The Balaban J connectivity index is 1.34. The van der Waals surface area contributed by atoms with Crippen LogP contribution in [0.3, 0.4) is 0 Å². The number of rotatable bonds is 4. The largest absolute Gasteiger partial charge is 0.363 e. The van der Waals surface area contributed by atoms with Gasteiger partial charge in [0.2, 0.25) is 0 Å². The Labute approximate surface area is 146 Å². The Kier molecular flexibility index (Phi) is 4.50. The van der Waals surface area contributed by atoms with Crippen molar-refractivity contribution in [3.8, 4) is 0 Å². The molecule has 0 spiro atoms. The van der Waals surface area contributed by atoms with Crippen molar-refractivity contribution < 1.29 is 14.1 Å². The summed E-state index contributed by atoms with van der Waals surface area (Å²) >= 11 is 0. The molecule has 7 heteroatoms. The molecule has 1 N–H and O–H groups in total. The number of aryl methyl sites for hydroxylation is 1. The highest BCUT2D eigenvalue weighted by molar-refractivity contribution is 5.94. The summed E-state index contributed by atoms with van der Waals surface area (Å²) in [5.74, 6) is 0.745. The number of aromatic nitrogens is 2. The zero-order chi connectivity index (χ0) is 17.2. The third-order valence-corrected chi connectivity index (χ3v) is 4.93. The second-order valence-electron chi connectivity index (χ2n) is 6.73. The summed E-state index contributed by atoms with van der Waals surface area (Å²) in [6, 6.07) is 5.95. The molecule has 2 aliphatic rings. The molecular formula is C18H22N4O3. The van der Waals surface area contributed by atoms with Crippen LogP contribution < -0.4 is 5.32 Å². The molecule has 2 aromatic heterocycles. The summed E-state index contributed by atoms with van der Waals surface area (Å²) in [5, 5.41) is 6.96. The average molecular weight is 342 g/mol. The number of amides is 1. The van der Waals surface area contributed by atoms with Crippen LogP contribution in [-0.2, 0) is 16.1 Å². The van der Waals surface area contributed by atoms with Gasteiger partial charge in [0, 0.05) is 31.4 Å². The van der Waals surface area contributed by atoms with E-state index in [9.17, 15) is 4.79 Å². The van der Waals surface area contributed by atoms with E-state index in [1.54, 1.807) is 18.5 Å². The zero-order valence-electron chi connectivity index (χ0n) is 14.2. The van der Waals surface area contributed by atoms with Gasteiger partial charge in [0.15, 0.2) is 0 Å². The molecular weight excluding hydrogens is 320 g/mol. The fourth-order valence-corrected chi connectivity index (χ4v) is 3.76. The summed E-state index contributed by atoms with van der Waals surface area (Å²) in [6.45, 7) is 3.63. The first-order valence-electron chi connectivity index (χ1n) is 8.71. The van der Waals surface area contributed by atoms with Crippen LogP contribution in [0.1, 0.15) is 30.7 Å². The van der Waals surface area contributed by atoms with E-state index in [-0.39, 0.29) is 12.0 Å². The van der Waals surface area contributed by atoms with Crippen molar-refractivity contribution in [3.63, 3.8) is 0 Å². The predicted octanol–water partition coefficient (Wildman–Crippen LogP) is 2.14. The molecule has 2 fully saturated rings. The number of nitrogens with zero attached hydrogens (tertiary/aromatic N) is 3. The molecule has 0 saturated carbocycles. The fraction of sp³-hybridized carbons (Fsp3) is 0.500. The summed E-state index contributed by atoms with van der Waals surface area (Å²) in [7, 11) is 0. The Morgan fingerprint density at radius 3 is 3.08 bits per heavy atom. The van der Waals surface area contributed by atoms with E-state index in [1.165, 1.54) is 0 Å². The number of pyridine rings is 1. The van der Waals surface area contributed by atoms with Gasteiger partial charge in [-0.25, -0.2) is 0 Å². The molecule has 1 amide bonds. The van der Waals surface area contributed by atoms with Crippen LogP contribution in [0.15, 0.2) is 35.1 Å². The van der Waals surface area contributed by atoms with Gasteiger partial charge in [-0.15, -0.1) is 0 Å². The van der Waals surface area contributed by atoms with Crippen molar-refractivity contribution in [2.24, 2.45) is 0 Å². The molecule has 0 radical (unpaired) electrons. The van der Waals surface area contributed by atoms with E-state index >= 15 is 0 Å². The molecule has 2 saturated heterocycles. The molecule has 7 nitrogen and oxygen atoms in total. The van der Waals surface area contributed by atoms with Crippen molar-refractivity contribution >= 4 is 11.6 Å². The highest BCUT2D eigenvalue weighted by Gasteiger charge is 2.41. The van der Waals surface area contributed by atoms with Crippen molar-refractivity contribution in [1.82, 2.24) is 15.0 Å². The van der Waals surface area contributed by atoms with E-state index in [2.05, 4.69) is 20.4 Å². The maximum absolute atomic E-state index is 12.4. The smallest absolute Gasteiger partial charge is 0.253 e. The number of nitrogens with one attached hydrogen (secondary N) is 1. The van der Waals surface area contributed by atoms with E-state index in [4.69, 9.17) is 9.26 Å². The first-order chi connectivity index (χ1) is 12.2. The van der Waals surface area contributed by atoms with Crippen LogP contribution in [0.2, 0.25) is 0 Å². The Morgan fingerprint density at radius 1 is 1.40 bits per heavy atom. The lowest BCUT2D eigenvalue weighted by Crippen LogP contribution is -2.46. The number of carbonyl (C=O) groups is 1. The fourth-order valence-electron chi connectivity index (χ4n) is 3.76. The molecule has 2 aromatic rings. The van der Waals surface area contributed by atoms with Crippen LogP contribution in [-0.4, -0.2) is 45.7 Å². The van der Waals surface area contributed by atoms with Gasteiger partial charge in [-0.05, 0) is 38.3 Å². The summed E-state index contributed by atoms with van der Waals surface area (Å²) in [5.41, 5.74) is 1.65. The average Bonchev–Trinajstić information content (AvgIpc) is 3.22. The SMILES string of the molecule is Cc1cc(CN2CC[C@@H]3O[C@H](C(=O)Nc4cccnc4)CC[C@@H]32)no1. The van der Waals surface area contributed by atoms with Gasteiger partial charge >= 0.3 is 0 Å². The summed E-state index contributed by atoms with van der Waals surface area (Å²) in [4.78, 5) is 18.8. The molecule has 4 heterocycles. The van der Waals surface area contributed by atoms with Crippen LogP contribution >= 0.6 is 0 Å². The lowest BCUT2D eigenvalue weighted by molar-refractivity contribution is -0.138. The number of carbonyl (C=O) groups excluding carboxylic acids is 1. The Morgan fingerprint density at radius 2 is 2.32 bits per heavy atom. The van der Waals surface area contributed by atoms with Crippen molar-refractivity contribution in [2.75, 3.05) is 11.9 Å². The quantitative estimate of drug-likeness (QED) is 0.917. The summed E-state index contributed by atoms with van der Waals surface area (Å²) < 4.78 is 11.2. The lowest BCUT2D eigenvalue weighted by atomic mass is 9.98. The topological polar surface area (TPSA) is 80.5 Å². The monoisotopic (exact) mass is 342 g/mol. The standard InChI is InChI=1S/C18H22N4O3/c1-12-9-14(21-25-12)11-22-8-6-16-15(22)4-5-17(24-16)18(23)20-13-3-2-7-19-10-13/h2-3,7,9-10,15-17H,4-6,8,11H2,1H3,(H,20,23)/t15-,16-,17-/m0/s1. The number of hydrogen-bond donors (Lipinski definition) is 1. The molecule has 25 heavy (non-hydrogen) atoms. The van der Waals surface area contributed by atoms with Gasteiger partial charge in [0.1, 0.15) is 11.9 Å². The highest BCUT2D eigenvalue weighted by atomic mass is 16.5. The molecule has 3 atom stereocenters. The highest BCUT2D eigenvalue weighted by Crippen LogP contribution is 2.32. The van der Waals surface area contributed by atoms with Crippen molar-refractivity contribution in [1.29, 1.82) is 0 Å². The van der Waals surface area contributed by atoms with Crippen LogP contribution in [0, 0.1) is 6.92 Å². The van der Waals surface area contributed by atoms with Crippen LogP contribution in [0.5, 0.6) is 0 Å². The van der Waals surface area contributed by atoms with Gasteiger partial charge in [0.25, 0.3) is 5.91 Å². The predicted molar refractivity (Wildman–Crippen MR) is 90.8 cm³/mol. The summed E-state index contributed by atoms with van der Waals surface area (Å²) in [6.07, 6.45) is 5.65. The first kappa shape index (κ1) is 16.2. The van der Waals surface area contributed by atoms with Gasteiger partial charge in [-0.2, -0.15) is 0 Å². The van der Waals surface area contributed by atoms with Gasteiger partial charge in [-0.3, -0.25) is 14.7 Å². The third-order valence-electron chi connectivity index (χ3n) is 4.93. The molecule has 0 aliphatic carbocycles. The van der Waals surface area contributed by atoms with Gasteiger partial charge in [0.05, 0.1) is 23.7 Å². The number of likely N-dealkylation sites (tertiary alicyclic amines) is 1. The molecule has 0 unspecified atom stereocenters. The van der Waals surface area contributed by atoms with E-state index < -0.39 is 6.10 Å². The second kappa shape index (κ2) is 6.93. The minimum Gasteiger partial charge on any atom is -0.363 e. The van der Waals surface area contributed by atoms with Crippen molar-refractivity contribution in [3.05, 3.63) is 42.0 Å². The Hall–Kier alpha value is -2.25. The number of ether oxygens (including phenoxy) is 1.